The van der Waals surface area contributed by atoms with E-state index in [0.29, 0.717) is 40.9 Å². The summed E-state index contributed by atoms with van der Waals surface area (Å²) in [7, 11) is -3.94. The molecule has 3 rings (SSSR count). The third-order valence-corrected chi connectivity index (χ3v) is 8.16. The van der Waals surface area contributed by atoms with E-state index in [0.717, 1.165) is 16.1 Å². The number of para-hydroxylation sites is 2. The number of benzene rings is 3. The Labute approximate surface area is 252 Å². The van der Waals surface area contributed by atoms with Gasteiger partial charge in [0.2, 0.25) is 21.8 Å². The van der Waals surface area contributed by atoms with Crippen LogP contribution in [0.4, 0.5) is 5.69 Å². The highest BCUT2D eigenvalue weighted by atomic mass is 35.5. The van der Waals surface area contributed by atoms with Crippen LogP contribution in [-0.2, 0) is 32.6 Å². The number of carbonyl (C=O) groups is 2. The van der Waals surface area contributed by atoms with Crippen LogP contribution in [0.5, 0.6) is 5.75 Å². The highest BCUT2D eigenvalue weighted by molar-refractivity contribution is 7.92. The van der Waals surface area contributed by atoms with Gasteiger partial charge in [0.25, 0.3) is 0 Å². The van der Waals surface area contributed by atoms with Gasteiger partial charge in [0, 0.05) is 35.1 Å². The molecule has 0 aliphatic rings. The van der Waals surface area contributed by atoms with Gasteiger partial charge < -0.3 is 15.0 Å². The number of nitrogens with zero attached hydrogens (tertiary/aromatic N) is 2. The van der Waals surface area contributed by atoms with Gasteiger partial charge >= 0.3 is 0 Å². The Morgan fingerprint density at radius 2 is 1.56 bits per heavy atom. The third-order valence-electron chi connectivity index (χ3n) is 6.32. The molecule has 3 aromatic carbocycles. The zero-order valence-electron chi connectivity index (χ0n) is 23.3. The summed E-state index contributed by atoms with van der Waals surface area (Å²) in [6.07, 6.45) is 1.91. The zero-order chi connectivity index (χ0) is 30.0. The fourth-order valence-corrected chi connectivity index (χ4v) is 5.68. The average Bonchev–Trinajstić information content (AvgIpc) is 2.94. The van der Waals surface area contributed by atoms with E-state index >= 15 is 0 Å². The van der Waals surface area contributed by atoms with Crippen molar-refractivity contribution in [2.75, 3.05) is 30.3 Å². The smallest absolute Gasteiger partial charge is 0.244 e. The van der Waals surface area contributed by atoms with Gasteiger partial charge in [-0.25, -0.2) is 8.42 Å². The Morgan fingerprint density at radius 1 is 0.927 bits per heavy atom. The van der Waals surface area contributed by atoms with E-state index < -0.39 is 28.5 Å². The molecule has 0 aliphatic carbocycles. The van der Waals surface area contributed by atoms with Gasteiger partial charge in [-0.3, -0.25) is 13.9 Å². The summed E-state index contributed by atoms with van der Waals surface area (Å²) in [6, 6.07) is 19.9. The molecule has 0 aliphatic heterocycles. The molecule has 3 aromatic rings. The van der Waals surface area contributed by atoms with Crippen LogP contribution in [-0.4, -0.2) is 57.1 Å². The van der Waals surface area contributed by atoms with Crippen LogP contribution in [0.15, 0.2) is 72.8 Å². The van der Waals surface area contributed by atoms with Crippen molar-refractivity contribution in [1.82, 2.24) is 10.2 Å². The summed E-state index contributed by atoms with van der Waals surface area (Å²) in [5.41, 5.74) is 1.50. The molecule has 1 atom stereocenters. The van der Waals surface area contributed by atoms with Crippen molar-refractivity contribution in [2.45, 2.75) is 39.3 Å². The number of halogens is 2. The lowest BCUT2D eigenvalue weighted by atomic mass is 10.0. The molecule has 0 radical (unpaired) electrons. The van der Waals surface area contributed by atoms with Gasteiger partial charge in [0.15, 0.2) is 0 Å². The molecule has 0 saturated carbocycles. The molecule has 11 heteroatoms. The molecule has 0 saturated heterocycles. The van der Waals surface area contributed by atoms with Crippen LogP contribution in [0.3, 0.4) is 0 Å². The predicted octanol–water partition coefficient (Wildman–Crippen LogP) is 5.32. The second kappa shape index (κ2) is 15.1. The first-order valence-electron chi connectivity index (χ1n) is 13.3. The number of rotatable bonds is 14. The Bertz CT molecular complexity index is 1420. The Morgan fingerprint density at radius 3 is 2.17 bits per heavy atom. The van der Waals surface area contributed by atoms with Crippen LogP contribution in [0.25, 0.3) is 0 Å². The van der Waals surface area contributed by atoms with Crippen LogP contribution in [0, 0.1) is 0 Å². The molecule has 0 unspecified atom stereocenters. The van der Waals surface area contributed by atoms with E-state index in [1.165, 1.54) is 4.90 Å². The summed E-state index contributed by atoms with van der Waals surface area (Å²) >= 11 is 13.0. The molecule has 2 amide bonds. The van der Waals surface area contributed by atoms with Crippen molar-refractivity contribution in [2.24, 2.45) is 0 Å². The number of carbonyl (C=O) groups excluding carboxylic acids is 2. The minimum absolute atomic E-state index is 0.112. The van der Waals surface area contributed by atoms with Crippen LogP contribution in [0.2, 0.25) is 10.0 Å². The average molecular weight is 621 g/mol. The van der Waals surface area contributed by atoms with Gasteiger partial charge in [-0.1, -0.05) is 78.7 Å². The summed E-state index contributed by atoms with van der Waals surface area (Å²) in [6.45, 7) is 3.74. The molecule has 41 heavy (non-hydrogen) atoms. The van der Waals surface area contributed by atoms with E-state index in [9.17, 15) is 18.0 Å². The first-order chi connectivity index (χ1) is 19.6. The van der Waals surface area contributed by atoms with E-state index in [4.69, 9.17) is 27.9 Å². The minimum Gasteiger partial charge on any atom is -0.492 e. The van der Waals surface area contributed by atoms with Crippen molar-refractivity contribution >= 4 is 50.7 Å². The first-order valence-corrected chi connectivity index (χ1v) is 15.9. The van der Waals surface area contributed by atoms with Gasteiger partial charge in [0.05, 0.1) is 18.6 Å². The molecule has 0 spiro atoms. The standard InChI is InChI=1S/C30H35Cl2N3O5S/c1-4-18-33-30(37)27(19-22-12-7-6-8-13-22)34(20-23-24(31)14-11-15-25(23)32)29(36)21-35(41(3,38)39)26-16-9-10-17-28(26)40-5-2/h6-17,27H,4-5,18-21H2,1-3H3,(H,33,37)/t27-/m1/s1. The fraction of sp³-hybridized carbons (Fsp3) is 0.333. The number of ether oxygens (including phenoxy) is 1. The summed E-state index contributed by atoms with van der Waals surface area (Å²) in [5.74, 6) is -0.659. The molecule has 220 valence electrons. The summed E-state index contributed by atoms with van der Waals surface area (Å²) in [5, 5.41) is 3.54. The highest BCUT2D eigenvalue weighted by Crippen LogP contribution is 2.31. The van der Waals surface area contributed by atoms with Crippen molar-refractivity contribution in [3.63, 3.8) is 0 Å². The lowest BCUT2D eigenvalue weighted by Crippen LogP contribution is -2.53. The van der Waals surface area contributed by atoms with Gasteiger partial charge in [-0.2, -0.15) is 0 Å². The molecule has 1 N–H and O–H groups in total. The maximum atomic E-state index is 14.2. The molecule has 0 heterocycles. The van der Waals surface area contributed by atoms with Crippen molar-refractivity contribution in [3.05, 3.63) is 94.0 Å². The normalized spacial score (nSPS) is 11.9. The topological polar surface area (TPSA) is 96.0 Å². The fourth-order valence-electron chi connectivity index (χ4n) is 4.31. The quantitative estimate of drug-likeness (QED) is 0.263. The number of hydrogen-bond donors (Lipinski definition) is 1. The van der Waals surface area contributed by atoms with Crippen molar-refractivity contribution in [1.29, 1.82) is 0 Å². The largest absolute Gasteiger partial charge is 0.492 e. The second-order valence-corrected chi connectivity index (χ2v) is 12.1. The zero-order valence-corrected chi connectivity index (χ0v) is 25.7. The highest BCUT2D eigenvalue weighted by Gasteiger charge is 2.34. The number of amides is 2. The van der Waals surface area contributed by atoms with E-state index in [-0.39, 0.29) is 24.6 Å². The molecule has 8 nitrogen and oxygen atoms in total. The van der Waals surface area contributed by atoms with Gasteiger partial charge in [0.1, 0.15) is 18.3 Å². The lowest BCUT2D eigenvalue weighted by molar-refractivity contribution is -0.140. The molecular weight excluding hydrogens is 585 g/mol. The third kappa shape index (κ3) is 8.86. The molecule has 0 aromatic heterocycles. The number of sulfonamides is 1. The molecule has 0 bridgehead atoms. The Balaban J connectivity index is 2.11. The summed E-state index contributed by atoms with van der Waals surface area (Å²) in [4.78, 5) is 29.1. The number of anilines is 1. The predicted molar refractivity (Wildman–Crippen MR) is 164 cm³/mol. The maximum Gasteiger partial charge on any atom is 0.244 e. The van der Waals surface area contributed by atoms with Crippen LogP contribution < -0.4 is 14.4 Å². The molecular formula is C30H35Cl2N3O5S. The minimum atomic E-state index is -3.94. The van der Waals surface area contributed by atoms with Gasteiger partial charge in [-0.05, 0) is 43.2 Å². The van der Waals surface area contributed by atoms with Crippen molar-refractivity contribution < 1.29 is 22.7 Å². The number of nitrogens with one attached hydrogen (secondary N) is 1. The number of hydrogen-bond acceptors (Lipinski definition) is 5. The molecule has 0 fully saturated rings. The SMILES string of the molecule is CCCNC(=O)[C@@H](Cc1ccccc1)N(Cc1c(Cl)cccc1Cl)C(=O)CN(c1ccccc1OCC)S(C)(=O)=O. The van der Waals surface area contributed by atoms with E-state index in [1.807, 2.05) is 37.3 Å². The Kier molecular flexibility index (Phi) is 11.9. The van der Waals surface area contributed by atoms with Crippen LogP contribution in [0.1, 0.15) is 31.4 Å². The Hall–Kier alpha value is -3.27. The van der Waals surface area contributed by atoms with Crippen LogP contribution >= 0.6 is 23.2 Å². The monoisotopic (exact) mass is 619 g/mol. The summed E-state index contributed by atoms with van der Waals surface area (Å²) < 4.78 is 32.7. The van der Waals surface area contributed by atoms with E-state index in [1.54, 1.807) is 49.4 Å². The first kappa shape index (κ1) is 32.2. The van der Waals surface area contributed by atoms with Crippen molar-refractivity contribution in [3.8, 4) is 5.75 Å². The lowest BCUT2D eigenvalue weighted by Gasteiger charge is -2.34. The second-order valence-electron chi connectivity index (χ2n) is 9.39. The van der Waals surface area contributed by atoms with Gasteiger partial charge in [-0.15, -0.1) is 0 Å². The van der Waals surface area contributed by atoms with E-state index in [2.05, 4.69) is 5.32 Å². The maximum absolute atomic E-state index is 14.2.